The largest absolute Gasteiger partial charge is 0.477 e. The molecule has 0 aliphatic carbocycles. The normalized spacial score (nSPS) is 17.2. The van der Waals surface area contributed by atoms with Crippen LogP contribution in [-0.4, -0.2) is 31.0 Å². The molecule has 1 aliphatic heterocycles. The molecule has 0 fully saturated rings. The van der Waals surface area contributed by atoms with Crippen molar-refractivity contribution in [2.24, 2.45) is 5.73 Å². The lowest BCUT2D eigenvalue weighted by atomic mass is 10.1. The summed E-state index contributed by atoms with van der Waals surface area (Å²) in [5.41, 5.74) is 7.03. The minimum Gasteiger partial charge on any atom is -0.477 e. The Morgan fingerprint density at radius 1 is 1.27 bits per heavy atom. The molecule has 0 saturated carbocycles. The summed E-state index contributed by atoms with van der Waals surface area (Å²) in [4.78, 5) is 25.8. The number of hydrogen-bond donors (Lipinski definition) is 2. The van der Waals surface area contributed by atoms with E-state index in [1.165, 1.54) is 4.90 Å². The van der Waals surface area contributed by atoms with E-state index >= 15 is 0 Å². The molecule has 136 valence electrons. The highest BCUT2D eigenvalue weighted by Gasteiger charge is 2.32. The molecule has 0 bridgehead atoms. The van der Waals surface area contributed by atoms with E-state index in [1.54, 1.807) is 18.2 Å². The molecule has 0 aromatic heterocycles. The maximum Gasteiger partial charge on any atom is 0.260 e. The fraction of sp³-hybridized carbons (Fsp3) is 0.263. The van der Waals surface area contributed by atoms with Gasteiger partial charge in [0.25, 0.3) is 5.91 Å². The second-order valence-corrected chi connectivity index (χ2v) is 6.57. The molecule has 3 rings (SSSR count). The zero-order chi connectivity index (χ0) is 18.7. The lowest BCUT2D eigenvalue weighted by Crippen LogP contribution is -2.51. The standard InChI is InChI=1S/C19H20ClN3O3/c1-12(13-6-8-14(20)9-7-13)22-10-18(24)23-11-17(19(21)25)26-16-5-3-2-4-15(16)23/h2-9,12,17,22H,10-11H2,1H3,(H2,21,25)/t12-,17+/m0/s1. The first-order valence-corrected chi connectivity index (χ1v) is 8.67. The monoisotopic (exact) mass is 373 g/mol. The third kappa shape index (κ3) is 3.98. The summed E-state index contributed by atoms with van der Waals surface area (Å²) in [6.07, 6.45) is -0.859. The Hall–Kier alpha value is -2.57. The molecule has 0 unspecified atom stereocenters. The van der Waals surface area contributed by atoms with Crippen molar-refractivity contribution in [2.45, 2.75) is 19.1 Å². The Balaban J connectivity index is 1.70. The number of primary amides is 1. The molecule has 3 N–H and O–H groups in total. The van der Waals surface area contributed by atoms with Crippen molar-refractivity contribution in [2.75, 3.05) is 18.0 Å². The van der Waals surface area contributed by atoms with Crippen molar-refractivity contribution in [1.29, 1.82) is 0 Å². The number of ether oxygens (including phenoxy) is 1. The Morgan fingerprint density at radius 3 is 2.65 bits per heavy atom. The van der Waals surface area contributed by atoms with E-state index in [4.69, 9.17) is 22.1 Å². The van der Waals surface area contributed by atoms with Crippen LogP contribution in [0, 0.1) is 0 Å². The van der Waals surface area contributed by atoms with Gasteiger partial charge in [-0.1, -0.05) is 35.9 Å². The number of para-hydroxylation sites is 2. The van der Waals surface area contributed by atoms with Gasteiger partial charge in [-0.2, -0.15) is 0 Å². The molecule has 1 aliphatic rings. The van der Waals surface area contributed by atoms with Crippen molar-refractivity contribution in [3.05, 3.63) is 59.1 Å². The van der Waals surface area contributed by atoms with Crippen molar-refractivity contribution in [1.82, 2.24) is 5.32 Å². The zero-order valence-electron chi connectivity index (χ0n) is 14.3. The topological polar surface area (TPSA) is 84.7 Å². The number of nitrogens with zero attached hydrogens (tertiary/aromatic N) is 1. The van der Waals surface area contributed by atoms with Crippen LogP contribution in [0.25, 0.3) is 0 Å². The number of fused-ring (bicyclic) bond motifs is 1. The molecule has 2 aromatic carbocycles. The van der Waals surface area contributed by atoms with Crippen LogP contribution >= 0.6 is 11.6 Å². The van der Waals surface area contributed by atoms with Crippen LogP contribution in [0.2, 0.25) is 5.02 Å². The number of carbonyl (C=O) groups excluding carboxylic acids is 2. The molecule has 2 aromatic rings. The first-order valence-electron chi connectivity index (χ1n) is 8.30. The summed E-state index contributed by atoms with van der Waals surface area (Å²) in [5, 5.41) is 3.87. The number of nitrogens with two attached hydrogens (primary N) is 1. The van der Waals surface area contributed by atoms with Crippen LogP contribution in [0.1, 0.15) is 18.5 Å². The lowest BCUT2D eigenvalue weighted by molar-refractivity contribution is -0.125. The van der Waals surface area contributed by atoms with Crippen molar-refractivity contribution in [3.8, 4) is 5.75 Å². The molecule has 0 radical (unpaired) electrons. The fourth-order valence-electron chi connectivity index (χ4n) is 2.82. The van der Waals surface area contributed by atoms with E-state index in [0.29, 0.717) is 16.5 Å². The van der Waals surface area contributed by atoms with Crippen LogP contribution in [0.15, 0.2) is 48.5 Å². The van der Waals surface area contributed by atoms with Gasteiger partial charge in [-0.05, 0) is 36.8 Å². The molecule has 0 spiro atoms. The minimum absolute atomic E-state index is 0.0283. The van der Waals surface area contributed by atoms with Gasteiger partial charge in [0.2, 0.25) is 5.91 Å². The van der Waals surface area contributed by atoms with E-state index in [0.717, 1.165) is 5.56 Å². The van der Waals surface area contributed by atoms with E-state index < -0.39 is 12.0 Å². The van der Waals surface area contributed by atoms with Crippen molar-refractivity contribution < 1.29 is 14.3 Å². The zero-order valence-corrected chi connectivity index (χ0v) is 15.1. The van der Waals surface area contributed by atoms with Gasteiger partial charge in [-0.15, -0.1) is 0 Å². The van der Waals surface area contributed by atoms with Crippen LogP contribution < -0.4 is 20.7 Å². The summed E-state index contributed by atoms with van der Waals surface area (Å²) in [6.45, 7) is 2.18. The third-order valence-electron chi connectivity index (χ3n) is 4.32. The van der Waals surface area contributed by atoms with Gasteiger partial charge in [-0.25, -0.2) is 0 Å². The SMILES string of the molecule is C[C@H](NCC(=O)N1C[C@H](C(N)=O)Oc2ccccc21)c1ccc(Cl)cc1. The molecule has 26 heavy (non-hydrogen) atoms. The lowest BCUT2D eigenvalue weighted by Gasteiger charge is -2.33. The molecule has 7 heteroatoms. The first kappa shape index (κ1) is 18.2. The Morgan fingerprint density at radius 2 is 1.96 bits per heavy atom. The van der Waals surface area contributed by atoms with Crippen molar-refractivity contribution >= 4 is 29.1 Å². The number of rotatable bonds is 5. The van der Waals surface area contributed by atoms with Gasteiger partial charge in [-0.3, -0.25) is 9.59 Å². The highest BCUT2D eigenvalue weighted by atomic mass is 35.5. The van der Waals surface area contributed by atoms with Crippen LogP contribution in [0.4, 0.5) is 5.69 Å². The molecule has 2 amide bonds. The van der Waals surface area contributed by atoms with E-state index in [2.05, 4.69) is 5.32 Å². The molecule has 1 heterocycles. The Labute approximate surface area is 156 Å². The average Bonchev–Trinajstić information content (AvgIpc) is 2.65. The van der Waals surface area contributed by atoms with E-state index in [9.17, 15) is 9.59 Å². The number of hydrogen-bond acceptors (Lipinski definition) is 4. The Bertz CT molecular complexity index is 810. The van der Waals surface area contributed by atoms with Crippen LogP contribution in [0.5, 0.6) is 5.75 Å². The average molecular weight is 374 g/mol. The van der Waals surface area contributed by atoms with Gasteiger partial charge in [0.1, 0.15) is 5.75 Å². The molecule has 2 atom stereocenters. The molecule has 6 nitrogen and oxygen atoms in total. The smallest absolute Gasteiger partial charge is 0.260 e. The highest BCUT2D eigenvalue weighted by molar-refractivity contribution is 6.30. The summed E-state index contributed by atoms with van der Waals surface area (Å²) in [5.74, 6) is -0.283. The summed E-state index contributed by atoms with van der Waals surface area (Å²) in [6, 6.07) is 14.5. The predicted octanol–water partition coefficient (Wildman–Crippen LogP) is 2.27. The van der Waals surface area contributed by atoms with Gasteiger partial charge in [0.15, 0.2) is 6.10 Å². The molecular formula is C19H20ClN3O3. The number of nitrogens with one attached hydrogen (secondary N) is 1. The van der Waals surface area contributed by atoms with Crippen LogP contribution in [-0.2, 0) is 9.59 Å². The van der Waals surface area contributed by atoms with Gasteiger partial charge < -0.3 is 20.7 Å². The Kier molecular flexibility index (Phi) is 5.44. The first-order chi connectivity index (χ1) is 12.5. The summed E-state index contributed by atoms with van der Waals surface area (Å²) < 4.78 is 5.58. The van der Waals surface area contributed by atoms with Crippen LogP contribution in [0.3, 0.4) is 0 Å². The minimum atomic E-state index is -0.859. The maximum atomic E-state index is 12.8. The maximum absolute atomic E-state index is 12.8. The third-order valence-corrected chi connectivity index (χ3v) is 4.57. The number of carbonyl (C=O) groups is 2. The molecule has 0 saturated heterocycles. The van der Waals surface area contributed by atoms with E-state index in [1.807, 2.05) is 37.3 Å². The number of amides is 2. The number of benzene rings is 2. The predicted molar refractivity (Wildman–Crippen MR) is 100 cm³/mol. The summed E-state index contributed by atoms with van der Waals surface area (Å²) >= 11 is 5.90. The fourth-order valence-corrected chi connectivity index (χ4v) is 2.95. The van der Waals surface area contributed by atoms with E-state index in [-0.39, 0.29) is 25.0 Å². The van der Waals surface area contributed by atoms with Crippen molar-refractivity contribution in [3.63, 3.8) is 0 Å². The van der Waals surface area contributed by atoms with Gasteiger partial charge in [0, 0.05) is 11.1 Å². The van der Waals surface area contributed by atoms with Gasteiger partial charge in [0.05, 0.1) is 18.8 Å². The quantitative estimate of drug-likeness (QED) is 0.842. The van der Waals surface area contributed by atoms with Gasteiger partial charge >= 0.3 is 0 Å². The summed E-state index contributed by atoms with van der Waals surface area (Å²) in [7, 11) is 0. The number of anilines is 1. The highest BCUT2D eigenvalue weighted by Crippen LogP contribution is 2.33. The second kappa shape index (κ2) is 7.76. The number of halogens is 1. The second-order valence-electron chi connectivity index (χ2n) is 6.14. The molecular weight excluding hydrogens is 354 g/mol.